The third-order valence-corrected chi connectivity index (χ3v) is 6.25. The number of benzene rings is 2. The van der Waals surface area contributed by atoms with Gasteiger partial charge in [-0.2, -0.15) is 0 Å². The Kier molecular flexibility index (Phi) is 5.56. The number of nitrogens with one attached hydrogen (secondary N) is 1. The summed E-state index contributed by atoms with van der Waals surface area (Å²) in [5.41, 5.74) is 4.35. The van der Waals surface area contributed by atoms with Gasteiger partial charge in [-0.3, -0.25) is 4.98 Å². The van der Waals surface area contributed by atoms with E-state index in [-0.39, 0.29) is 17.9 Å². The van der Waals surface area contributed by atoms with Crippen LogP contribution < -0.4 is 15.1 Å². The molecule has 166 valence electrons. The van der Waals surface area contributed by atoms with Crippen LogP contribution in [0.2, 0.25) is 0 Å². The first-order chi connectivity index (χ1) is 16.0. The second kappa shape index (κ2) is 8.67. The average molecular weight is 458 g/mol. The van der Waals surface area contributed by atoms with Crippen molar-refractivity contribution in [2.45, 2.75) is 12.1 Å². The minimum atomic E-state index is -0.278. The fraction of sp³-hybridized carbons (Fsp3) is 0.154. The van der Waals surface area contributed by atoms with E-state index in [1.807, 2.05) is 61.3 Å². The second-order valence-corrected chi connectivity index (χ2v) is 8.55. The van der Waals surface area contributed by atoms with Gasteiger partial charge in [0.2, 0.25) is 0 Å². The monoisotopic (exact) mass is 457 g/mol. The lowest BCUT2D eigenvalue weighted by Crippen LogP contribution is -2.30. The van der Waals surface area contributed by atoms with E-state index in [0.29, 0.717) is 10.8 Å². The van der Waals surface area contributed by atoms with Gasteiger partial charge < -0.3 is 19.7 Å². The summed E-state index contributed by atoms with van der Waals surface area (Å²) < 4.78 is 16.7. The summed E-state index contributed by atoms with van der Waals surface area (Å²) in [6.45, 7) is 0. The number of aromatic nitrogens is 2. The molecule has 1 fully saturated rings. The fourth-order valence-electron chi connectivity index (χ4n) is 4.35. The number of pyridine rings is 1. The molecule has 0 spiro atoms. The normalized spacial score (nSPS) is 17.8. The zero-order valence-electron chi connectivity index (χ0n) is 18.4. The Bertz CT molecular complexity index is 1270. The quantitative estimate of drug-likeness (QED) is 0.414. The number of rotatable bonds is 5. The molecule has 5 rings (SSSR count). The van der Waals surface area contributed by atoms with E-state index in [0.717, 1.165) is 22.8 Å². The number of thiocarbonyl (C=S) groups is 1. The zero-order chi connectivity index (χ0) is 22.9. The van der Waals surface area contributed by atoms with Gasteiger partial charge in [-0.1, -0.05) is 18.2 Å². The van der Waals surface area contributed by atoms with Gasteiger partial charge in [0.25, 0.3) is 0 Å². The molecule has 2 atom stereocenters. The minimum absolute atomic E-state index is 0.201. The average Bonchev–Trinajstić information content (AvgIpc) is 3.44. The molecule has 7 heteroatoms. The van der Waals surface area contributed by atoms with Crippen molar-refractivity contribution in [1.82, 2.24) is 14.9 Å². The molecule has 1 N–H and O–H groups in total. The summed E-state index contributed by atoms with van der Waals surface area (Å²) in [6.07, 6.45) is 3.67. The molecule has 0 unspecified atom stereocenters. The predicted molar refractivity (Wildman–Crippen MR) is 134 cm³/mol. The molecule has 1 saturated heterocycles. The topological polar surface area (TPSA) is 36.3 Å². The molecule has 0 amide bonds. The fourth-order valence-corrected chi connectivity index (χ4v) is 4.69. The number of para-hydroxylation sites is 1. The molecule has 4 aromatic rings. The molecular weight excluding hydrogens is 433 g/mol. The Balaban J connectivity index is 1.65. The molecule has 3 heterocycles. The molecule has 33 heavy (non-hydrogen) atoms. The van der Waals surface area contributed by atoms with Gasteiger partial charge in [-0.25, -0.2) is 4.39 Å². The first-order valence-electron chi connectivity index (χ1n) is 10.7. The van der Waals surface area contributed by atoms with Crippen LogP contribution in [0.3, 0.4) is 0 Å². The van der Waals surface area contributed by atoms with Crippen molar-refractivity contribution >= 4 is 28.7 Å². The third kappa shape index (κ3) is 3.85. The molecule has 2 aromatic heterocycles. The molecule has 2 aromatic carbocycles. The molecule has 5 nitrogen and oxygen atoms in total. The van der Waals surface area contributed by atoms with Gasteiger partial charge in [0.05, 0.1) is 17.4 Å². The standard InChI is InChI=1S/C26H24FN5S/c1-30(2)18-12-14-19(15-13-18)32-25(24(29-26(32)33)21-9-5-6-16-28-21)23-11-7-17-31(23)22-10-4-3-8-20(22)27/h3-17,24-25H,1-2H3,(H,29,33)/t24-,25-/m0/s1. The SMILES string of the molecule is CN(C)c1ccc(N2C(=S)N[C@@H](c3ccccn3)[C@@H]2c2cccn2-c2ccccc2F)cc1. The van der Waals surface area contributed by atoms with Crippen molar-refractivity contribution in [1.29, 1.82) is 0 Å². The van der Waals surface area contributed by atoms with Gasteiger partial charge in [0.15, 0.2) is 5.11 Å². The number of anilines is 2. The largest absolute Gasteiger partial charge is 0.378 e. The summed E-state index contributed by atoms with van der Waals surface area (Å²) in [7, 11) is 4.02. The van der Waals surface area contributed by atoms with Gasteiger partial charge in [-0.05, 0) is 72.9 Å². The highest BCUT2D eigenvalue weighted by Gasteiger charge is 2.42. The van der Waals surface area contributed by atoms with Crippen molar-refractivity contribution in [2.75, 3.05) is 23.9 Å². The summed E-state index contributed by atoms with van der Waals surface area (Å²) >= 11 is 5.81. The Morgan fingerprint density at radius 1 is 0.939 bits per heavy atom. The summed E-state index contributed by atoms with van der Waals surface area (Å²) in [5, 5.41) is 4.07. The summed E-state index contributed by atoms with van der Waals surface area (Å²) in [4.78, 5) is 8.76. The molecular formula is C26H24FN5S. The van der Waals surface area contributed by atoms with Crippen LogP contribution >= 0.6 is 12.2 Å². The minimum Gasteiger partial charge on any atom is -0.378 e. The Morgan fingerprint density at radius 3 is 2.39 bits per heavy atom. The van der Waals surface area contributed by atoms with Crippen molar-refractivity contribution in [3.8, 4) is 5.69 Å². The summed E-state index contributed by atoms with van der Waals surface area (Å²) in [6, 6.07) is 24.4. The lowest BCUT2D eigenvalue weighted by molar-refractivity contribution is 0.544. The van der Waals surface area contributed by atoms with Crippen LogP contribution in [0.5, 0.6) is 0 Å². The second-order valence-electron chi connectivity index (χ2n) is 8.16. The Morgan fingerprint density at radius 2 is 1.70 bits per heavy atom. The van der Waals surface area contributed by atoms with Crippen LogP contribution in [0.25, 0.3) is 5.69 Å². The van der Waals surface area contributed by atoms with E-state index in [9.17, 15) is 4.39 Å². The number of nitrogens with zero attached hydrogens (tertiary/aromatic N) is 4. The Labute approximate surface area is 198 Å². The maximum absolute atomic E-state index is 14.8. The van der Waals surface area contributed by atoms with Gasteiger partial charge >= 0.3 is 0 Å². The highest BCUT2D eigenvalue weighted by atomic mass is 32.1. The number of hydrogen-bond donors (Lipinski definition) is 1. The van der Waals surface area contributed by atoms with E-state index in [1.54, 1.807) is 18.3 Å². The van der Waals surface area contributed by atoms with E-state index >= 15 is 0 Å². The molecule has 0 radical (unpaired) electrons. The molecule has 0 aliphatic carbocycles. The summed E-state index contributed by atoms with van der Waals surface area (Å²) in [5.74, 6) is -0.278. The lowest BCUT2D eigenvalue weighted by atomic mass is 10.0. The van der Waals surface area contributed by atoms with E-state index in [2.05, 4.69) is 44.4 Å². The van der Waals surface area contributed by atoms with Crippen molar-refractivity contribution in [2.24, 2.45) is 0 Å². The highest BCUT2D eigenvalue weighted by Crippen LogP contribution is 2.42. The molecule has 1 aliphatic heterocycles. The first kappa shape index (κ1) is 21.2. The lowest BCUT2D eigenvalue weighted by Gasteiger charge is -2.29. The van der Waals surface area contributed by atoms with Crippen LogP contribution in [0, 0.1) is 5.82 Å². The predicted octanol–water partition coefficient (Wildman–Crippen LogP) is 5.25. The number of halogens is 1. The van der Waals surface area contributed by atoms with E-state index in [1.165, 1.54) is 6.07 Å². The van der Waals surface area contributed by atoms with Gasteiger partial charge in [0, 0.05) is 43.6 Å². The third-order valence-electron chi connectivity index (χ3n) is 5.94. The van der Waals surface area contributed by atoms with Crippen molar-refractivity contribution in [3.63, 3.8) is 0 Å². The smallest absolute Gasteiger partial charge is 0.174 e. The maximum atomic E-state index is 14.8. The van der Waals surface area contributed by atoms with Gasteiger partial charge in [0.1, 0.15) is 11.9 Å². The van der Waals surface area contributed by atoms with Gasteiger partial charge in [-0.15, -0.1) is 0 Å². The zero-order valence-corrected chi connectivity index (χ0v) is 19.2. The van der Waals surface area contributed by atoms with Crippen molar-refractivity contribution < 1.29 is 4.39 Å². The maximum Gasteiger partial charge on any atom is 0.174 e. The van der Waals surface area contributed by atoms with Crippen LogP contribution in [-0.2, 0) is 0 Å². The molecule has 0 bridgehead atoms. The van der Waals surface area contributed by atoms with Crippen LogP contribution in [0.4, 0.5) is 15.8 Å². The van der Waals surface area contributed by atoms with Crippen LogP contribution in [-0.4, -0.2) is 28.8 Å². The number of hydrogen-bond acceptors (Lipinski definition) is 3. The van der Waals surface area contributed by atoms with E-state index in [4.69, 9.17) is 12.2 Å². The molecule has 1 aliphatic rings. The highest BCUT2D eigenvalue weighted by molar-refractivity contribution is 7.80. The van der Waals surface area contributed by atoms with E-state index < -0.39 is 0 Å². The van der Waals surface area contributed by atoms with Crippen molar-refractivity contribution in [3.05, 3.63) is 108 Å². The first-order valence-corrected chi connectivity index (χ1v) is 11.2. The van der Waals surface area contributed by atoms with Crippen LogP contribution in [0.15, 0.2) is 91.3 Å². The van der Waals surface area contributed by atoms with Crippen LogP contribution in [0.1, 0.15) is 23.5 Å². The Hall–Kier alpha value is -3.71. The molecule has 0 saturated carbocycles.